The summed E-state index contributed by atoms with van der Waals surface area (Å²) in [7, 11) is 0. The fourth-order valence-corrected chi connectivity index (χ4v) is 4.26. The van der Waals surface area contributed by atoms with E-state index in [1.165, 1.54) is 0 Å². The Morgan fingerprint density at radius 3 is 1.19 bits per heavy atom. The lowest BCUT2D eigenvalue weighted by Gasteiger charge is -2.39. The van der Waals surface area contributed by atoms with E-state index in [1.807, 2.05) is 0 Å². The molecule has 2 amide bonds. The zero-order valence-corrected chi connectivity index (χ0v) is 20.1. The van der Waals surface area contributed by atoms with Gasteiger partial charge in [-0.25, -0.2) is 0 Å². The highest BCUT2D eigenvalue weighted by Gasteiger charge is 2.44. The summed E-state index contributed by atoms with van der Waals surface area (Å²) in [5.41, 5.74) is 0. The zero-order valence-electron chi connectivity index (χ0n) is 20.1. The molecule has 14 heteroatoms. The van der Waals surface area contributed by atoms with E-state index in [-0.39, 0.29) is 12.8 Å². The molecule has 36 heavy (non-hydrogen) atoms. The van der Waals surface area contributed by atoms with Gasteiger partial charge in [0.25, 0.3) is 0 Å². The molecule has 0 aliphatic carbocycles. The molecule has 2 saturated heterocycles. The minimum absolute atomic E-state index is 0.234. The highest BCUT2D eigenvalue weighted by Crippen LogP contribution is 2.24. The van der Waals surface area contributed by atoms with Crippen molar-refractivity contribution < 1.29 is 59.9 Å². The van der Waals surface area contributed by atoms with E-state index in [0.29, 0.717) is 25.9 Å². The maximum atomic E-state index is 12.1. The predicted octanol–water partition coefficient (Wildman–Crippen LogP) is -4.76. The van der Waals surface area contributed by atoms with Crippen molar-refractivity contribution >= 4 is 11.8 Å². The van der Waals surface area contributed by atoms with Crippen molar-refractivity contribution in [2.45, 2.75) is 99.6 Å². The first-order valence-corrected chi connectivity index (χ1v) is 12.2. The topological polar surface area (TPSA) is 238 Å². The molecule has 210 valence electrons. The molecule has 2 heterocycles. The molecule has 10 atom stereocenters. The summed E-state index contributed by atoms with van der Waals surface area (Å²) in [4.78, 5) is 24.2. The highest BCUT2D eigenvalue weighted by atomic mass is 16.6. The van der Waals surface area contributed by atoms with Crippen LogP contribution >= 0.6 is 0 Å². The van der Waals surface area contributed by atoms with E-state index in [9.17, 15) is 50.4 Å². The van der Waals surface area contributed by atoms with Crippen LogP contribution in [0.2, 0.25) is 0 Å². The molecule has 14 nitrogen and oxygen atoms in total. The Morgan fingerprint density at radius 1 is 0.528 bits per heavy atom. The van der Waals surface area contributed by atoms with Crippen molar-refractivity contribution in [3.8, 4) is 0 Å². The van der Waals surface area contributed by atoms with Gasteiger partial charge in [-0.2, -0.15) is 0 Å². The second kappa shape index (κ2) is 15.1. The minimum Gasteiger partial charge on any atom is -0.394 e. The van der Waals surface area contributed by atoms with Gasteiger partial charge in [0.2, 0.25) is 11.8 Å². The monoisotopic (exact) mass is 524 g/mol. The first-order valence-electron chi connectivity index (χ1n) is 12.2. The normalized spacial score (nSPS) is 36.9. The van der Waals surface area contributed by atoms with E-state index in [1.54, 1.807) is 0 Å². The lowest BCUT2D eigenvalue weighted by molar-refractivity contribution is -0.229. The van der Waals surface area contributed by atoms with Crippen LogP contribution in [0.25, 0.3) is 0 Å². The number of hydrogen-bond donors (Lipinski definition) is 10. The first-order chi connectivity index (χ1) is 17.1. The van der Waals surface area contributed by atoms with Gasteiger partial charge in [0, 0.05) is 13.1 Å². The van der Waals surface area contributed by atoms with Crippen LogP contribution in [-0.2, 0) is 19.1 Å². The number of aliphatic hydroxyl groups is 8. The molecule has 2 fully saturated rings. The van der Waals surface area contributed by atoms with Gasteiger partial charge in [-0.1, -0.05) is 12.8 Å². The lowest BCUT2D eigenvalue weighted by Crippen LogP contribution is -2.59. The van der Waals surface area contributed by atoms with E-state index < -0.39 is 86.1 Å². The number of carbonyl (C=O) groups is 2. The Hall–Kier alpha value is -1.46. The number of unbranched alkanes of at least 4 members (excludes halogenated alkanes) is 3. The van der Waals surface area contributed by atoms with E-state index in [0.717, 1.165) is 12.8 Å². The highest BCUT2D eigenvalue weighted by molar-refractivity contribution is 5.76. The maximum Gasteiger partial charge on any atom is 0.222 e. The summed E-state index contributed by atoms with van der Waals surface area (Å²) in [6.07, 6.45) is -10.7. The van der Waals surface area contributed by atoms with E-state index >= 15 is 0 Å². The molecule has 0 aromatic heterocycles. The Morgan fingerprint density at radius 2 is 0.861 bits per heavy atom. The molecule has 2 rings (SSSR count). The zero-order chi connectivity index (χ0) is 26.8. The molecule has 0 aromatic carbocycles. The number of nitrogens with one attached hydrogen (secondary N) is 2. The Balaban J connectivity index is 1.54. The number of hydrogen-bond acceptors (Lipinski definition) is 12. The first kappa shape index (κ1) is 30.8. The van der Waals surface area contributed by atoms with Gasteiger partial charge in [0.15, 0.2) is 0 Å². The van der Waals surface area contributed by atoms with Crippen LogP contribution in [0.3, 0.4) is 0 Å². The van der Waals surface area contributed by atoms with Gasteiger partial charge in [0.05, 0.1) is 38.3 Å². The van der Waals surface area contributed by atoms with Crippen LogP contribution in [0.4, 0.5) is 0 Å². The van der Waals surface area contributed by atoms with Crippen molar-refractivity contribution in [2.75, 3.05) is 26.3 Å². The summed E-state index contributed by atoms with van der Waals surface area (Å²) < 4.78 is 10.6. The standard InChI is InChI=1S/C22H40N2O12/c25-9-13-19(31)21(33)17(29)11(35-13)7-15(27)23-5-3-1-2-4-6-24-16(28)8-12-18(30)22(34)20(32)14(10-26)36-12/h11-14,17-22,25-26,29-34H,1-10H2,(H,23,27)(H,24,28)/t11-,12-,13-,14-,17+,18+,19-,20-,21-,22-/m1/s1. The molecule has 0 radical (unpaired) electrons. The quantitative estimate of drug-likeness (QED) is 0.102. The number of carbonyl (C=O) groups excluding carboxylic acids is 2. The third-order valence-electron chi connectivity index (χ3n) is 6.50. The molecular weight excluding hydrogens is 484 g/mol. The molecule has 0 unspecified atom stereocenters. The van der Waals surface area contributed by atoms with E-state index in [4.69, 9.17) is 9.47 Å². The maximum absolute atomic E-state index is 12.1. The third-order valence-corrected chi connectivity index (χ3v) is 6.50. The van der Waals surface area contributed by atoms with Crippen LogP contribution in [0.15, 0.2) is 0 Å². The number of rotatable bonds is 13. The summed E-state index contributed by atoms with van der Waals surface area (Å²) in [6, 6.07) is 0. The summed E-state index contributed by atoms with van der Waals surface area (Å²) in [5, 5.41) is 82.8. The minimum atomic E-state index is -1.52. The average Bonchev–Trinajstić information content (AvgIpc) is 2.86. The Kier molecular flexibility index (Phi) is 12.9. The Labute approximate surface area is 208 Å². The third kappa shape index (κ3) is 8.55. The van der Waals surface area contributed by atoms with Crippen molar-refractivity contribution in [1.29, 1.82) is 0 Å². The molecule has 0 aromatic rings. The summed E-state index contributed by atoms with van der Waals surface area (Å²) >= 11 is 0. The predicted molar refractivity (Wildman–Crippen MR) is 121 cm³/mol. The smallest absolute Gasteiger partial charge is 0.222 e. The van der Waals surface area contributed by atoms with Crippen LogP contribution < -0.4 is 10.6 Å². The van der Waals surface area contributed by atoms with Crippen molar-refractivity contribution in [1.82, 2.24) is 10.6 Å². The van der Waals surface area contributed by atoms with Gasteiger partial charge in [-0.15, -0.1) is 0 Å². The second-order valence-corrected chi connectivity index (χ2v) is 9.26. The molecule has 2 aliphatic heterocycles. The molecule has 2 aliphatic rings. The number of ether oxygens (including phenoxy) is 2. The SMILES string of the molecule is O=C(C[C@H]1O[C@H](CO)[C@@H](O)[C@H](O)[C@H]1O)NCCCCCCNC(=O)C[C@H]1O[C@H](CO)[C@@H](O)[C@H](O)[C@H]1O. The molecule has 10 N–H and O–H groups in total. The van der Waals surface area contributed by atoms with Crippen molar-refractivity contribution in [3.05, 3.63) is 0 Å². The Bertz CT molecular complexity index is 625. The van der Waals surface area contributed by atoms with Gasteiger partial charge < -0.3 is 61.0 Å². The molecular formula is C22H40N2O12. The van der Waals surface area contributed by atoms with Gasteiger partial charge >= 0.3 is 0 Å². The second-order valence-electron chi connectivity index (χ2n) is 9.26. The van der Waals surface area contributed by atoms with Gasteiger partial charge in [-0.3, -0.25) is 9.59 Å². The van der Waals surface area contributed by atoms with Crippen LogP contribution in [-0.4, -0.2) is 140 Å². The summed E-state index contributed by atoms with van der Waals surface area (Å²) in [5.74, 6) is -0.806. The fourth-order valence-electron chi connectivity index (χ4n) is 4.26. The number of aliphatic hydroxyl groups excluding tert-OH is 8. The van der Waals surface area contributed by atoms with Gasteiger partial charge in [0.1, 0.15) is 48.8 Å². The largest absolute Gasteiger partial charge is 0.394 e. The average molecular weight is 525 g/mol. The van der Waals surface area contributed by atoms with Gasteiger partial charge in [-0.05, 0) is 12.8 Å². The summed E-state index contributed by atoms with van der Waals surface area (Å²) in [6.45, 7) is -0.367. The van der Waals surface area contributed by atoms with Crippen LogP contribution in [0, 0.1) is 0 Å². The molecule has 0 spiro atoms. The van der Waals surface area contributed by atoms with Crippen molar-refractivity contribution in [3.63, 3.8) is 0 Å². The number of amides is 2. The van der Waals surface area contributed by atoms with E-state index in [2.05, 4.69) is 10.6 Å². The van der Waals surface area contributed by atoms with Crippen molar-refractivity contribution in [2.24, 2.45) is 0 Å². The fraction of sp³-hybridized carbons (Fsp3) is 0.909. The van der Waals surface area contributed by atoms with Crippen LogP contribution in [0.5, 0.6) is 0 Å². The molecule has 0 saturated carbocycles. The van der Waals surface area contributed by atoms with Crippen LogP contribution in [0.1, 0.15) is 38.5 Å². The molecule has 0 bridgehead atoms. The lowest BCUT2D eigenvalue weighted by atomic mass is 9.93.